The molecule has 2 aliphatic carbocycles. The number of Topliss-reactive ketones (excluding diaryl/α,β-unsaturated/α-hetero) is 1. The normalized spacial score (nSPS) is 29.8. The highest BCUT2D eigenvalue weighted by Gasteiger charge is 2.50. The third kappa shape index (κ3) is 4.11. The Balaban J connectivity index is 1.69. The lowest BCUT2D eigenvalue weighted by Crippen LogP contribution is -2.53. The summed E-state index contributed by atoms with van der Waals surface area (Å²) < 4.78 is 17.0. The summed E-state index contributed by atoms with van der Waals surface area (Å²) in [5, 5.41) is 53.7. The van der Waals surface area contributed by atoms with E-state index in [0.29, 0.717) is 0 Å². The first-order chi connectivity index (χ1) is 18.4. The predicted octanol–water partition coefficient (Wildman–Crippen LogP) is 0.00130. The van der Waals surface area contributed by atoms with Gasteiger partial charge in [-0.05, 0) is 13.0 Å². The largest absolute Gasteiger partial charge is 0.507 e. The average molecular weight is 544 g/mol. The van der Waals surface area contributed by atoms with Gasteiger partial charge >= 0.3 is 0 Å². The van der Waals surface area contributed by atoms with Crippen molar-refractivity contribution in [3.63, 3.8) is 0 Å². The minimum absolute atomic E-state index is 0.0173. The number of hydrogen-bond acceptors (Lipinski definition) is 12. The Labute approximate surface area is 222 Å². The van der Waals surface area contributed by atoms with E-state index in [9.17, 15) is 39.9 Å². The first-order valence-corrected chi connectivity index (χ1v) is 12.4. The molecule has 0 aromatic heterocycles. The number of ether oxygens (including phenoxy) is 3. The summed E-state index contributed by atoms with van der Waals surface area (Å²) in [4.78, 5) is 39.7. The van der Waals surface area contributed by atoms with Crippen LogP contribution in [0, 0.1) is 0 Å². The average Bonchev–Trinajstić information content (AvgIpc) is 2.90. The molecule has 39 heavy (non-hydrogen) atoms. The molecule has 1 aliphatic heterocycles. The third-order valence-electron chi connectivity index (χ3n) is 7.81. The smallest absolute Gasteiger partial charge is 0.202 e. The molecule has 12 heteroatoms. The number of nitrogens with two attached hydrogens (primary N) is 1. The Kier molecular flexibility index (Phi) is 6.74. The minimum atomic E-state index is -2.24. The lowest BCUT2D eigenvalue weighted by atomic mass is 9.72. The monoisotopic (exact) mass is 543 g/mol. The zero-order valence-corrected chi connectivity index (χ0v) is 21.2. The molecular formula is C27H29NO11. The second-order valence-corrected chi connectivity index (χ2v) is 10.2. The number of phenols is 2. The summed E-state index contributed by atoms with van der Waals surface area (Å²) >= 11 is 0. The topological polar surface area (TPSA) is 206 Å². The van der Waals surface area contributed by atoms with Crippen molar-refractivity contribution in [1.82, 2.24) is 0 Å². The van der Waals surface area contributed by atoms with Gasteiger partial charge in [0.1, 0.15) is 29.5 Å². The molecular weight excluding hydrogens is 514 g/mol. The molecule has 3 aliphatic rings. The number of ketones is 3. The van der Waals surface area contributed by atoms with Crippen molar-refractivity contribution in [2.24, 2.45) is 5.73 Å². The van der Waals surface area contributed by atoms with E-state index in [1.807, 2.05) is 0 Å². The van der Waals surface area contributed by atoms with E-state index in [2.05, 4.69) is 0 Å². The Morgan fingerprint density at radius 3 is 2.49 bits per heavy atom. The highest BCUT2D eigenvalue weighted by atomic mass is 16.7. The fourth-order valence-electron chi connectivity index (χ4n) is 5.75. The molecule has 1 saturated heterocycles. The number of rotatable bonds is 5. The van der Waals surface area contributed by atoms with Crippen LogP contribution in [0.1, 0.15) is 68.8 Å². The van der Waals surface area contributed by atoms with Crippen LogP contribution in [-0.2, 0) is 20.7 Å². The Bertz CT molecular complexity index is 1380. The number of benzene rings is 2. The quantitative estimate of drug-likeness (QED) is 0.235. The molecule has 1 heterocycles. The van der Waals surface area contributed by atoms with Gasteiger partial charge in [-0.3, -0.25) is 14.4 Å². The van der Waals surface area contributed by atoms with Crippen LogP contribution in [0.3, 0.4) is 0 Å². The number of aliphatic hydroxyl groups excluding tert-OH is 2. The Morgan fingerprint density at radius 2 is 1.85 bits per heavy atom. The van der Waals surface area contributed by atoms with Crippen LogP contribution < -0.4 is 10.5 Å². The van der Waals surface area contributed by atoms with Gasteiger partial charge in [-0.2, -0.15) is 0 Å². The molecule has 5 rings (SSSR count). The number of carbonyl (C=O) groups is 3. The first kappa shape index (κ1) is 27.2. The maximum absolute atomic E-state index is 13.6. The van der Waals surface area contributed by atoms with Gasteiger partial charge < -0.3 is 45.5 Å². The zero-order valence-electron chi connectivity index (χ0n) is 21.2. The van der Waals surface area contributed by atoms with Crippen LogP contribution in [0.4, 0.5) is 0 Å². The van der Waals surface area contributed by atoms with E-state index in [4.69, 9.17) is 19.9 Å². The van der Waals surface area contributed by atoms with Gasteiger partial charge in [0, 0.05) is 42.0 Å². The van der Waals surface area contributed by atoms with Crippen molar-refractivity contribution in [3.05, 3.63) is 51.6 Å². The van der Waals surface area contributed by atoms with E-state index in [-0.39, 0.29) is 34.4 Å². The van der Waals surface area contributed by atoms with Crippen LogP contribution in [0.25, 0.3) is 0 Å². The molecule has 1 unspecified atom stereocenters. The highest BCUT2D eigenvalue weighted by molar-refractivity contribution is 6.31. The molecule has 12 nitrogen and oxygen atoms in total. The van der Waals surface area contributed by atoms with Gasteiger partial charge in [-0.1, -0.05) is 12.1 Å². The van der Waals surface area contributed by atoms with Crippen molar-refractivity contribution in [3.8, 4) is 17.2 Å². The van der Waals surface area contributed by atoms with Crippen molar-refractivity contribution in [2.75, 3.05) is 13.7 Å². The van der Waals surface area contributed by atoms with E-state index >= 15 is 0 Å². The van der Waals surface area contributed by atoms with Gasteiger partial charge in [0.05, 0.1) is 42.1 Å². The lowest BCUT2D eigenvalue weighted by Gasteiger charge is -2.42. The van der Waals surface area contributed by atoms with Crippen LogP contribution >= 0.6 is 0 Å². The zero-order chi connectivity index (χ0) is 28.4. The summed E-state index contributed by atoms with van der Waals surface area (Å²) in [6.45, 7) is 0.560. The summed E-state index contributed by atoms with van der Waals surface area (Å²) in [5.74, 6) is -3.77. The number of methoxy groups -OCH3 is 1. The summed E-state index contributed by atoms with van der Waals surface area (Å²) in [5.41, 5.74) is 2.37. The highest BCUT2D eigenvalue weighted by Crippen LogP contribution is 2.52. The Hall–Kier alpha value is -3.39. The molecule has 0 spiro atoms. The van der Waals surface area contributed by atoms with Crippen LogP contribution in [0.15, 0.2) is 18.2 Å². The van der Waals surface area contributed by atoms with E-state index in [1.54, 1.807) is 6.92 Å². The second-order valence-electron chi connectivity index (χ2n) is 10.2. The van der Waals surface area contributed by atoms with Crippen molar-refractivity contribution in [2.45, 2.75) is 62.4 Å². The van der Waals surface area contributed by atoms with Crippen molar-refractivity contribution >= 4 is 17.3 Å². The molecule has 2 aromatic carbocycles. The number of fused-ring (bicyclic) bond motifs is 3. The maximum atomic E-state index is 13.6. The number of hydrogen-bond donors (Lipinski definition) is 6. The molecule has 2 aromatic rings. The number of carbonyl (C=O) groups excluding carboxylic acids is 3. The van der Waals surface area contributed by atoms with Gasteiger partial charge in [-0.15, -0.1) is 0 Å². The van der Waals surface area contributed by atoms with Gasteiger partial charge in [0.2, 0.25) is 5.78 Å². The van der Waals surface area contributed by atoms with Crippen molar-refractivity contribution in [1.29, 1.82) is 0 Å². The number of aliphatic hydroxyl groups is 3. The minimum Gasteiger partial charge on any atom is -0.507 e. The summed E-state index contributed by atoms with van der Waals surface area (Å²) in [6.07, 6.45) is -5.12. The fraction of sp³-hybridized carbons (Fsp3) is 0.444. The molecule has 0 saturated carbocycles. The molecule has 0 radical (unpaired) electrons. The van der Waals surface area contributed by atoms with E-state index in [0.717, 1.165) is 0 Å². The fourth-order valence-corrected chi connectivity index (χ4v) is 5.75. The van der Waals surface area contributed by atoms with Crippen LogP contribution in [0.5, 0.6) is 17.2 Å². The molecule has 7 N–H and O–H groups in total. The summed E-state index contributed by atoms with van der Waals surface area (Å²) in [6, 6.07) is 3.64. The van der Waals surface area contributed by atoms with Crippen LogP contribution in [-0.4, -0.2) is 86.7 Å². The summed E-state index contributed by atoms with van der Waals surface area (Å²) in [7, 11) is 1.32. The van der Waals surface area contributed by atoms with E-state index in [1.165, 1.54) is 25.3 Å². The molecule has 6 atom stereocenters. The molecule has 0 amide bonds. The van der Waals surface area contributed by atoms with Gasteiger partial charge in [-0.25, -0.2) is 0 Å². The number of phenolic OH excluding ortho intramolecular Hbond substituents is 2. The first-order valence-electron chi connectivity index (χ1n) is 12.4. The lowest BCUT2D eigenvalue weighted by molar-refractivity contribution is -0.247. The Morgan fingerprint density at radius 1 is 1.15 bits per heavy atom. The molecule has 208 valence electrons. The SMILES string of the molecule is COc1cccc2c1C(=O)c1c(O)c3c(c(O)c1C2=O)C[C@@](O)(C(=O)CO)CC3O[C@H]1C[C@H](N)[C@@H](O)[C@@H](C)O1. The molecule has 0 bridgehead atoms. The third-order valence-corrected chi connectivity index (χ3v) is 7.81. The number of aromatic hydroxyl groups is 2. The predicted molar refractivity (Wildman–Crippen MR) is 132 cm³/mol. The maximum Gasteiger partial charge on any atom is 0.202 e. The van der Waals surface area contributed by atoms with Crippen LogP contribution in [0.2, 0.25) is 0 Å². The second kappa shape index (κ2) is 9.66. The standard InChI is InChI=1S/C27H29NO11/c1-10-22(31)13(28)6-17(38-10)39-15-8-27(36,16(30)9-29)7-12-19(15)26(35)21-20(24(12)33)23(32)11-4-3-5-14(37-2)18(11)25(21)34/h3-5,10,13,15,17,22,29,31,33,35-36H,6-9,28H2,1-2H3/t10-,13+,15?,17+,22+,27+/m1/s1. The van der Waals surface area contributed by atoms with Gasteiger partial charge in [0.25, 0.3) is 0 Å². The van der Waals surface area contributed by atoms with Crippen molar-refractivity contribution < 1.29 is 54.1 Å². The van der Waals surface area contributed by atoms with E-state index < -0.39 is 95.7 Å². The van der Waals surface area contributed by atoms with Gasteiger partial charge in [0.15, 0.2) is 17.9 Å². The molecule has 1 fully saturated rings.